The van der Waals surface area contributed by atoms with Crippen LogP contribution in [0, 0.1) is 13.8 Å². The van der Waals surface area contributed by atoms with Gasteiger partial charge in [-0.15, -0.1) is 10.2 Å². The van der Waals surface area contributed by atoms with Gasteiger partial charge in [0.15, 0.2) is 0 Å². The number of pyridine rings is 1. The molecule has 0 atom stereocenters. The van der Waals surface area contributed by atoms with Crippen LogP contribution in [-0.2, 0) is 11.3 Å². The van der Waals surface area contributed by atoms with Crippen LogP contribution in [0.5, 0.6) is 0 Å². The highest BCUT2D eigenvalue weighted by Crippen LogP contribution is 2.24. The van der Waals surface area contributed by atoms with Gasteiger partial charge >= 0.3 is 0 Å². The highest BCUT2D eigenvalue weighted by atomic mass is 16.4. The Hall–Kier alpha value is -3.42. The van der Waals surface area contributed by atoms with E-state index < -0.39 is 0 Å². The molecule has 0 unspecified atom stereocenters. The highest BCUT2D eigenvalue weighted by Gasteiger charge is 2.23. The van der Waals surface area contributed by atoms with E-state index in [0.717, 1.165) is 13.1 Å². The van der Waals surface area contributed by atoms with Gasteiger partial charge in [0.25, 0.3) is 5.56 Å². The molecular formula is C24H29N5O3. The van der Waals surface area contributed by atoms with Gasteiger partial charge in [-0.2, -0.15) is 0 Å². The average molecular weight is 436 g/mol. The molecule has 0 N–H and O–H groups in total. The van der Waals surface area contributed by atoms with Gasteiger partial charge in [-0.25, -0.2) is 0 Å². The fourth-order valence-electron chi connectivity index (χ4n) is 3.89. The summed E-state index contributed by atoms with van der Waals surface area (Å²) in [5.41, 5.74) is 4.15. The Balaban J connectivity index is 1.43. The molecule has 1 aliphatic heterocycles. The van der Waals surface area contributed by atoms with Gasteiger partial charge in [0.2, 0.25) is 17.7 Å². The lowest BCUT2D eigenvalue weighted by Crippen LogP contribution is -2.50. The van der Waals surface area contributed by atoms with E-state index in [9.17, 15) is 9.59 Å². The standard InChI is InChI=1S/C24H29N5O3/c1-16(2)23-25-26-24(32-23)19-8-9-21(30)29(14-19)15-22(31)28-12-10-27(11-13-28)20-7-5-6-17(3)18(20)4/h5-9,14,16H,10-13,15H2,1-4H3. The third kappa shape index (κ3) is 4.44. The van der Waals surface area contributed by atoms with Crippen molar-refractivity contribution in [2.75, 3.05) is 31.1 Å². The Morgan fingerprint density at radius 3 is 2.50 bits per heavy atom. The van der Waals surface area contributed by atoms with Crippen molar-refractivity contribution in [2.24, 2.45) is 0 Å². The Kier molecular flexibility index (Phi) is 6.12. The average Bonchev–Trinajstić information content (AvgIpc) is 3.28. The number of benzene rings is 1. The summed E-state index contributed by atoms with van der Waals surface area (Å²) in [6.07, 6.45) is 1.62. The third-order valence-electron chi connectivity index (χ3n) is 6.02. The van der Waals surface area contributed by atoms with E-state index in [0.29, 0.717) is 30.4 Å². The topological polar surface area (TPSA) is 84.5 Å². The van der Waals surface area contributed by atoms with E-state index in [1.165, 1.54) is 27.4 Å². The minimum atomic E-state index is -0.236. The molecule has 0 saturated carbocycles. The van der Waals surface area contributed by atoms with Crippen LogP contribution in [0.15, 0.2) is 45.7 Å². The summed E-state index contributed by atoms with van der Waals surface area (Å²) in [7, 11) is 0. The van der Waals surface area contributed by atoms with Crippen LogP contribution in [0.4, 0.5) is 5.69 Å². The number of aryl methyl sites for hydroxylation is 1. The van der Waals surface area contributed by atoms with E-state index >= 15 is 0 Å². The fraction of sp³-hybridized carbons (Fsp3) is 0.417. The minimum Gasteiger partial charge on any atom is -0.420 e. The van der Waals surface area contributed by atoms with Gasteiger partial charge in [-0.05, 0) is 37.1 Å². The molecule has 0 bridgehead atoms. The maximum atomic E-state index is 12.9. The van der Waals surface area contributed by atoms with Crippen molar-refractivity contribution in [1.29, 1.82) is 0 Å². The zero-order valence-electron chi connectivity index (χ0n) is 19.0. The molecule has 2 aromatic heterocycles. The first-order chi connectivity index (χ1) is 15.3. The second-order valence-electron chi connectivity index (χ2n) is 8.57. The van der Waals surface area contributed by atoms with Crippen molar-refractivity contribution in [1.82, 2.24) is 19.7 Å². The molecule has 8 nitrogen and oxygen atoms in total. The molecule has 8 heteroatoms. The van der Waals surface area contributed by atoms with Crippen LogP contribution in [0.3, 0.4) is 0 Å². The molecule has 1 saturated heterocycles. The lowest BCUT2D eigenvalue weighted by Gasteiger charge is -2.37. The van der Waals surface area contributed by atoms with Crippen LogP contribution in [0.2, 0.25) is 0 Å². The smallest absolute Gasteiger partial charge is 0.251 e. The summed E-state index contributed by atoms with van der Waals surface area (Å²) >= 11 is 0. The van der Waals surface area contributed by atoms with E-state index in [1.807, 2.05) is 18.7 Å². The first-order valence-corrected chi connectivity index (χ1v) is 11.0. The zero-order chi connectivity index (χ0) is 22.8. The third-order valence-corrected chi connectivity index (χ3v) is 6.02. The maximum Gasteiger partial charge on any atom is 0.251 e. The molecule has 1 aliphatic rings. The quantitative estimate of drug-likeness (QED) is 0.613. The Morgan fingerprint density at radius 1 is 1.06 bits per heavy atom. The summed E-state index contributed by atoms with van der Waals surface area (Å²) in [6, 6.07) is 9.39. The van der Waals surface area contributed by atoms with Crippen molar-refractivity contribution < 1.29 is 9.21 Å². The molecule has 1 amide bonds. The highest BCUT2D eigenvalue weighted by molar-refractivity contribution is 5.76. The second-order valence-corrected chi connectivity index (χ2v) is 8.57. The van der Waals surface area contributed by atoms with Gasteiger partial charge in [0.1, 0.15) is 6.54 Å². The molecule has 32 heavy (non-hydrogen) atoms. The second kappa shape index (κ2) is 8.98. The monoisotopic (exact) mass is 435 g/mol. The number of amides is 1. The van der Waals surface area contributed by atoms with Crippen molar-refractivity contribution in [3.63, 3.8) is 0 Å². The van der Waals surface area contributed by atoms with Gasteiger partial charge in [0.05, 0.1) is 5.56 Å². The van der Waals surface area contributed by atoms with E-state index in [1.54, 1.807) is 12.3 Å². The summed E-state index contributed by atoms with van der Waals surface area (Å²) < 4.78 is 7.09. The zero-order valence-corrected chi connectivity index (χ0v) is 19.0. The summed E-state index contributed by atoms with van der Waals surface area (Å²) in [5.74, 6) is 0.928. The number of nitrogens with zero attached hydrogens (tertiary/aromatic N) is 5. The van der Waals surface area contributed by atoms with Crippen molar-refractivity contribution in [3.8, 4) is 11.5 Å². The number of piperazine rings is 1. The van der Waals surface area contributed by atoms with Gasteiger partial charge in [0, 0.05) is 50.0 Å². The molecule has 3 aromatic rings. The Morgan fingerprint density at radius 2 is 1.81 bits per heavy atom. The van der Waals surface area contributed by atoms with E-state index in [2.05, 4.69) is 47.1 Å². The first-order valence-electron chi connectivity index (χ1n) is 11.0. The molecule has 3 heterocycles. The van der Waals surface area contributed by atoms with E-state index in [-0.39, 0.29) is 23.9 Å². The Labute approximate surface area is 187 Å². The largest absolute Gasteiger partial charge is 0.420 e. The number of carbonyl (C=O) groups excluding carboxylic acids is 1. The maximum absolute atomic E-state index is 12.9. The van der Waals surface area contributed by atoms with E-state index in [4.69, 9.17) is 4.42 Å². The van der Waals surface area contributed by atoms with Gasteiger partial charge < -0.3 is 18.8 Å². The molecule has 0 radical (unpaired) electrons. The van der Waals surface area contributed by atoms with Crippen LogP contribution >= 0.6 is 0 Å². The predicted octanol–water partition coefficient (Wildman–Crippen LogP) is 2.99. The lowest BCUT2D eigenvalue weighted by molar-refractivity contribution is -0.132. The number of hydrogen-bond acceptors (Lipinski definition) is 6. The van der Waals surface area contributed by atoms with Crippen LogP contribution in [0.25, 0.3) is 11.5 Å². The lowest BCUT2D eigenvalue weighted by atomic mass is 10.1. The summed E-state index contributed by atoms with van der Waals surface area (Å²) in [5, 5.41) is 8.10. The first kappa shape index (κ1) is 21.8. The Bertz CT molecular complexity index is 1170. The normalized spacial score (nSPS) is 14.3. The molecule has 1 aromatic carbocycles. The molecule has 4 rings (SSSR count). The van der Waals surface area contributed by atoms with Crippen molar-refractivity contribution in [2.45, 2.75) is 40.2 Å². The molecular weight excluding hydrogens is 406 g/mol. The molecule has 0 aliphatic carbocycles. The van der Waals surface area contributed by atoms with Crippen molar-refractivity contribution in [3.05, 3.63) is 63.9 Å². The van der Waals surface area contributed by atoms with Crippen molar-refractivity contribution >= 4 is 11.6 Å². The number of rotatable bonds is 5. The molecule has 168 valence electrons. The fourth-order valence-corrected chi connectivity index (χ4v) is 3.89. The van der Waals surface area contributed by atoms with Gasteiger partial charge in [-0.1, -0.05) is 26.0 Å². The number of aromatic nitrogens is 3. The predicted molar refractivity (Wildman–Crippen MR) is 123 cm³/mol. The van der Waals surface area contributed by atoms with Crippen LogP contribution < -0.4 is 10.5 Å². The van der Waals surface area contributed by atoms with Crippen LogP contribution in [0.1, 0.15) is 36.8 Å². The minimum absolute atomic E-state index is 0.0126. The van der Waals surface area contributed by atoms with Crippen LogP contribution in [-0.4, -0.2) is 51.8 Å². The number of hydrogen-bond donors (Lipinski definition) is 0. The SMILES string of the molecule is Cc1cccc(N2CCN(C(=O)Cn3cc(-c4nnc(C(C)C)o4)ccc3=O)CC2)c1C. The molecule has 1 fully saturated rings. The number of anilines is 1. The van der Waals surface area contributed by atoms with Gasteiger partial charge in [-0.3, -0.25) is 9.59 Å². The summed E-state index contributed by atoms with van der Waals surface area (Å²) in [6.45, 7) is 11.0. The number of carbonyl (C=O) groups is 1. The molecule has 0 spiro atoms. The summed E-state index contributed by atoms with van der Waals surface area (Å²) in [4.78, 5) is 29.4.